The molecule has 0 bridgehead atoms. The molecular weight excluding hydrogens is 162 g/mol. The van der Waals surface area contributed by atoms with Gasteiger partial charge in [0.1, 0.15) is 0 Å². The highest BCUT2D eigenvalue weighted by atomic mass is 15.2. The molecule has 0 saturated heterocycles. The fourth-order valence-electron chi connectivity index (χ4n) is 1.54. The summed E-state index contributed by atoms with van der Waals surface area (Å²) in [5, 5.41) is 11.6. The smallest absolute Gasteiger partial charge is 0.155 e. The first kappa shape index (κ1) is 8.10. The molecule has 13 heavy (non-hydrogen) atoms. The zero-order chi connectivity index (χ0) is 9.26. The van der Waals surface area contributed by atoms with Crippen LogP contribution >= 0.6 is 0 Å². The highest BCUT2D eigenvalue weighted by molar-refractivity contribution is 5.92. The van der Waals surface area contributed by atoms with E-state index in [-0.39, 0.29) is 0 Å². The number of nitrogens with zero attached hydrogens (tertiary/aromatic N) is 1. The van der Waals surface area contributed by atoms with Gasteiger partial charge in [-0.2, -0.15) is 5.10 Å². The molecule has 0 aliphatic carbocycles. The standard InChI is InChI=1S/C10H13N3/c1-3-11-10-9-7(2)5-4-6-8(9)12-13-10/h4-6H,3H2,1-2H3,(H2,11,12,13). The maximum atomic E-state index is 4.21. The van der Waals surface area contributed by atoms with Crippen molar-refractivity contribution in [3.05, 3.63) is 23.8 Å². The van der Waals surface area contributed by atoms with Gasteiger partial charge in [-0.15, -0.1) is 0 Å². The molecule has 0 atom stereocenters. The van der Waals surface area contributed by atoms with E-state index in [1.54, 1.807) is 0 Å². The van der Waals surface area contributed by atoms with Crippen LogP contribution in [0.15, 0.2) is 18.2 Å². The first-order chi connectivity index (χ1) is 6.33. The summed E-state index contributed by atoms with van der Waals surface area (Å²) >= 11 is 0. The number of fused-ring (bicyclic) bond motifs is 1. The normalized spacial score (nSPS) is 10.6. The highest BCUT2D eigenvalue weighted by Gasteiger charge is 2.05. The van der Waals surface area contributed by atoms with E-state index in [1.165, 1.54) is 10.9 Å². The number of aromatic nitrogens is 2. The van der Waals surface area contributed by atoms with E-state index < -0.39 is 0 Å². The van der Waals surface area contributed by atoms with Crippen molar-refractivity contribution in [1.82, 2.24) is 10.2 Å². The Morgan fingerprint density at radius 2 is 2.31 bits per heavy atom. The Hall–Kier alpha value is -1.51. The predicted octanol–water partition coefficient (Wildman–Crippen LogP) is 2.30. The molecule has 2 rings (SSSR count). The number of H-pyrrole nitrogens is 1. The lowest BCUT2D eigenvalue weighted by molar-refractivity contribution is 1.08. The van der Waals surface area contributed by atoms with Gasteiger partial charge in [-0.3, -0.25) is 5.10 Å². The first-order valence-electron chi connectivity index (χ1n) is 4.50. The van der Waals surface area contributed by atoms with Gasteiger partial charge < -0.3 is 5.32 Å². The Morgan fingerprint density at radius 1 is 1.46 bits per heavy atom. The Balaban J connectivity index is 2.64. The fourth-order valence-corrected chi connectivity index (χ4v) is 1.54. The van der Waals surface area contributed by atoms with Crippen molar-refractivity contribution in [2.75, 3.05) is 11.9 Å². The lowest BCUT2D eigenvalue weighted by Crippen LogP contribution is -1.97. The van der Waals surface area contributed by atoms with Crippen molar-refractivity contribution in [2.45, 2.75) is 13.8 Å². The minimum Gasteiger partial charge on any atom is -0.368 e. The molecule has 0 radical (unpaired) electrons. The summed E-state index contributed by atoms with van der Waals surface area (Å²) in [6.45, 7) is 5.06. The number of rotatable bonds is 2. The minimum atomic E-state index is 0.897. The predicted molar refractivity (Wildman–Crippen MR) is 55.0 cm³/mol. The van der Waals surface area contributed by atoms with Crippen LogP contribution < -0.4 is 5.32 Å². The average Bonchev–Trinajstić information content (AvgIpc) is 2.51. The third kappa shape index (κ3) is 1.26. The van der Waals surface area contributed by atoms with Crippen LogP contribution in [0.1, 0.15) is 12.5 Å². The zero-order valence-electron chi connectivity index (χ0n) is 7.89. The topological polar surface area (TPSA) is 40.7 Å². The van der Waals surface area contributed by atoms with Crippen molar-refractivity contribution < 1.29 is 0 Å². The van der Waals surface area contributed by atoms with E-state index >= 15 is 0 Å². The third-order valence-corrected chi connectivity index (χ3v) is 2.14. The van der Waals surface area contributed by atoms with Crippen molar-refractivity contribution in [1.29, 1.82) is 0 Å². The number of benzene rings is 1. The number of aryl methyl sites for hydroxylation is 1. The van der Waals surface area contributed by atoms with Crippen molar-refractivity contribution in [2.24, 2.45) is 0 Å². The van der Waals surface area contributed by atoms with Gasteiger partial charge in [0.05, 0.1) is 5.52 Å². The van der Waals surface area contributed by atoms with E-state index in [1.807, 2.05) is 12.1 Å². The van der Waals surface area contributed by atoms with E-state index in [0.29, 0.717) is 0 Å². The molecule has 0 saturated carbocycles. The lowest BCUT2D eigenvalue weighted by Gasteiger charge is -2.00. The van der Waals surface area contributed by atoms with E-state index in [4.69, 9.17) is 0 Å². The van der Waals surface area contributed by atoms with Crippen LogP contribution in [-0.2, 0) is 0 Å². The monoisotopic (exact) mass is 175 g/mol. The summed E-state index contributed by atoms with van der Waals surface area (Å²) in [4.78, 5) is 0. The number of anilines is 1. The van der Waals surface area contributed by atoms with Crippen LogP contribution in [0.3, 0.4) is 0 Å². The Morgan fingerprint density at radius 3 is 3.08 bits per heavy atom. The van der Waals surface area contributed by atoms with Crippen LogP contribution in [0.2, 0.25) is 0 Å². The van der Waals surface area contributed by atoms with Crippen molar-refractivity contribution >= 4 is 16.7 Å². The molecule has 68 valence electrons. The summed E-state index contributed by atoms with van der Waals surface area (Å²) in [5.74, 6) is 0.954. The second-order valence-electron chi connectivity index (χ2n) is 3.10. The summed E-state index contributed by atoms with van der Waals surface area (Å²) < 4.78 is 0. The van der Waals surface area contributed by atoms with E-state index in [0.717, 1.165) is 17.9 Å². The first-order valence-corrected chi connectivity index (χ1v) is 4.50. The van der Waals surface area contributed by atoms with E-state index in [2.05, 4.69) is 35.4 Å². The van der Waals surface area contributed by atoms with Gasteiger partial charge in [0.15, 0.2) is 5.82 Å². The molecular formula is C10H13N3. The molecule has 2 aromatic rings. The quantitative estimate of drug-likeness (QED) is 0.735. The van der Waals surface area contributed by atoms with Crippen molar-refractivity contribution in [3.63, 3.8) is 0 Å². The molecule has 2 N–H and O–H groups in total. The van der Waals surface area contributed by atoms with E-state index in [9.17, 15) is 0 Å². The van der Waals surface area contributed by atoms with Gasteiger partial charge >= 0.3 is 0 Å². The summed E-state index contributed by atoms with van der Waals surface area (Å²) in [5.41, 5.74) is 2.35. The number of hydrogen-bond acceptors (Lipinski definition) is 2. The highest BCUT2D eigenvalue weighted by Crippen LogP contribution is 2.23. The number of nitrogens with one attached hydrogen (secondary N) is 2. The molecule has 0 aliphatic heterocycles. The molecule has 1 heterocycles. The molecule has 0 spiro atoms. The van der Waals surface area contributed by atoms with Crippen LogP contribution in [0, 0.1) is 6.92 Å². The van der Waals surface area contributed by atoms with Gasteiger partial charge in [0.2, 0.25) is 0 Å². The molecule has 3 heteroatoms. The SMILES string of the molecule is CCNc1n[nH]c2cccc(C)c12. The molecule has 0 amide bonds. The van der Waals surface area contributed by atoms with Gasteiger partial charge in [0.25, 0.3) is 0 Å². The molecule has 0 aliphatic rings. The Bertz CT molecular complexity index is 417. The summed E-state index contributed by atoms with van der Waals surface area (Å²) in [6, 6.07) is 6.17. The van der Waals surface area contributed by atoms with Gasteiger partial charge in [-0.25, -0.2) is 0 Å². The maximum absolute atomic E-state index is 4.21. The molecule has 1 aromatic heterocycles. The maximum Gasteiger partial charge on any atom is 0.155 e. The van der Waals surface area contributed by atoms with Crippen LogP contribution in [0.5, 0.6) is 0 Å². The summed E-state index contributed by atoms with van der Waals surface area (Å²) in [7, 11) is 0. The Labute approximate surface area is 77.2 Å². The number of hydrogen-bond donors (Lipinski definition) is 2. The third-order valence-electron chi connectivity index (χ3n) is 2.14. The molecule has 1 aromatic carbocycles. The zero-order valence-corrected chi connectivity index (χ0v) is 7.89. The average molecular weight is 175 g/mol. The molecule has 0 fully saturated rings. The fraction of sp³-hybridized carbons (Fsp3) is 0.300. The Kier molecular flexibility index (Phi) is 1.93. The van der Waals surface area contributed by atoms with Crippen LogP contribution in [-0.4, -0.2) is 16.7 Å². The van der Waals surface area contributed by atoms with Gasteiger partial charge in [-0.1, -0.05) is 12.1 Å². The minimum absolute atomic E-state index is 0.897. The second kappa shape index (κ2) is 3.09. The van der Waals surface area contributed by atoms with Crippen LogP contribution in [0.25, 0.3) is 10.9 Å². The lowest BCUT2D eigenvalue weighted by atomic mass is 10.1. The van der Waals surface area contributed by atoms with Gasteiger partial charge in [0, 0.05) is 11.9 Å². The van der Waals surface area contributed by atoms with Crippen LogP contribution in [0.4, 0.5) is 5.82 Å². The van der Waals surface area contributed by atoms with Gasteiger partial charge in [-0.05, 0) is 25.5 Å². The largest absolute Gasteiger partial charge is 0.368 e. The summed E-state index contributed by atoms with van der Waals surface area (Å²) in [6.07, 6.45) is 0. The molecule has 3 nitrogen and oxygen atoms in total. The number of aromatic amines is 1. The molecule has 0 unspecified atom stereocenters. The second-order valence-corrected chi connectivity index (χ2v) is 3.10. The van der Waals surface area contributed by atoms with Crippen molar-refractivity contribution in [3.8, 4) is 0 Å².